The van der Waals surface area contributed by atoms with Crippen molar-refractivity contribution in [3.05, 3.63) is 60.2 Å². The Hall–Kier alpha value is -2.82. The average Bonchev–Trinajstić information content (AvgIpc) is 3.05. The highest BCUT2D eigenvalue weighted by Crippen LogP contribution is 2.22. The zero-order chi connectivity index (χ0) is 13.4. The van der Waals surface area contributed by atoms with Crippen LogP contribution in [0.4, 0.5) is 0 Å². The molecule has 0 saturated carbocycles. The number of furan rings is 1. The molecule has 0 amide bonds. The van der Waals surface area contributed by atoms with E-state index >= 15 is 0 Å². The summed E-state index contributed by atoms with van der Waals surface area (Å²) in [6, 6.07) is 10.00. The summed E-state index contributed by atoms with van der Waals surface area (Å²) in [5, 5.41) is 9.68. The van der Waals surface area contributed by atoms with Crippen LogP contribution in [0, 0.1) is 0 Å². The first kappa shape index (κ1) is 11.3. The largest absolute Gasteiger partial charge is 0.478 e. The fraction of sp³-hybridized carbons (Fsp3) is 0. The highest BCUT2D eigenvalue weighted by molar-refractivity contribution is 6.08. The molecule has 0 spiro atoms. The molecule has 3 aromatic rings. The second kappa shape index (κ2) is 4.13. The van der Waals surface area contributed by atoms with Gasteiger partial charge in [0, 0.05) is 11.6 Å². The molecule has 1 N–H and O–H groups in total. The maximum atomic E-state index is 12.2. The van der Waals surface area contributed by atoms with Crippen molar-refractivity contribution >= 4 is 22.8 Å². The molecule has 94 valence electrons. The summed E-state index contributed by atoms with van der Waals surface area (Å²) in [4.78, 5) is 23.4. The monoisotopic (exact) mass is 255 g/mol. The Morgan fingerprint density at radius 1 is 1.11 bits per heavy atom. The van der Waals surface area contributed by atoms with Crippen LogP contribution in [-0.4, -0.2) is 21.6 Å². The molecule has 0 radical (unpaired) electrons. The maximum Gasteiger partial charge on any atom is 0.337 e. The normalized spacial score (nSPS) is 10.7. The molecule has 3 rings (SSSR count). The number of fused-ring (bicyclic) bond motifs is 1. The molecule has 0 saturated heterocycles. The van der Waals surface area contributed by atoms with Crippen molar-refractivity contribution in [2.45, 2.75) is 0 Å². The van der Waals surface area contributed by atoms with E-state index in [-0.39, 0.29) is 11.3 Å². The Labute approximate surface area is 107 Å². The predicted molar refractivity (Wildman–Crippen MR) is 67.3 cm³/mol. The van der Waals surface area contributed by atoms with Crippen LogP contribution in [0.2, 0.25) is 0 Å². The van der Waals surface area contributed by atoms with Crippen LogP contribution in [0.25, 0.3) is 10.9 Å². The lowest BCUT2D eigenvalue weighted by Gasteiger charge is -2.00. The smallest absolute Gasteiger partial charge is 0.337 e. The number of nitrogens with zero attached hydrogens (tertiary/aromatic N) is 1. The van der Waals surface area contributed by atoms with Crippen LogP contribution < -0.4 is 0 Å². The van der Waals surface area contributed by atoms with Crippen molar-refractivity contribution in [1.82, 2.24) is 4.57 Å². The van der Waals surface area contributed by atoms with Gasteiger partial charge in [-0.3, -0.25) is 9.36 Å². The van der Waals surface area contributed by atoms with E-state index in [4.69, 9.17) is 9.52 Å². The first-order valence-electron chi connectivity index (χ1n) is 5.60. The molecule has 1 aromatic carbocycles. The third-order valence-corrected chi connectivity index (χ3v) is 2.89. The number of aromatic nitrogens is 1. The lowest BCUT2D eigenvalue weighted by atomic mass is 10.2. The molecule has 0 aliphatic rings. The Morgan fingerprint density at radius 3 is 2.58 bits per heavy atom. The van der Waals surface area contributed by atoms with Crippen molar-refractivity contribution in [2.24, 2.45) is 0 Å². The minimum atomic E-state index is -1.07. The van der Waals surface area contributed by atoms with E-state index in [2.05, 4.69) is 0 Å². The van der Waals surface area contributed by atoms with Crippen LogP contribution in [-0.2, 0) is 0 Å². The highest BCUT2D eigenvalue weighted by Gasteiger charge is 2.19. The fourth-order valence-electron chi connectivity index (χ4n) is 2.04. The van der Waals surface area contributed by atoms with E-state index in [9.17, 15) is 9.59 Å². The van der Waals surface area contributed by atoms with Gasteiger partial charge < -0.3 is 9.52 Å². The fourth-order valence-corrected chi connectivity index (χ4v) is 2.04. The summed E-state index contributed by atoms with van der Waals surface area (Å²) in [5.74, 6) is -1.30. The first-order valence-corrected chi connectivity index (χ1v) is 5.60. The SMILES string of the molecule is O=C(O)c1cn(C(=O)c2ccco2)c2ccccc12. The van der Waals surface area contributed by atoms with Gasteiger partial charge in [-0.2, -0.15) is 0 Å². The Kier molecular flexibility index (Phi) is 2.45. The Morgan fingerprint density at radius 2 is 1.89 bits per heavy atom. The number of carboxylic acids is 1. The molecule has 2 aromatic heterocycles. The second-order valence-corrected chi connectivity index (χ2v) is 4.02. The number of hydrogen-bond acceptors (Lipinski definition) is 3. The molecule has 0 aliphatic heterocycles. The van der Waals surface area contributed by atoms with Crippen molar-refractivity contribution in [3.8, 4) is 0 Å². The lowest BCUT2D eigenvalue weighted by Crippen LogP contribution is -2.09. The number of hydrogen-bond donors (Lipinski definition) is 1. The number of carboxylic acid groups (broad SMARTS) is 1. The van der Waals surface area contributed by atoms with Gasteiger partial charge in [0.1, 0.15) is 0 Å². The molecule has 5 heteroatoms. The number of benzene rings is 1. The van der Waals surface area contributed by atoms with Gasteiger partial charge in [-0.15, -0.1) is 0 Å². The zero-order valence-corrected chi connectivity index (χ0v) is 9.74. The van der Waals surface area contributed by atoms with Crippen LogP contribution >= 0.6 is 0 Å². The molecule has 0 fully saturated rings. The average molecular weight is 255 g/mol. The van der Waals surface area contributed by atoms with Gasteiger partial charge >= 0.3 is 5.97 Å². The second-order valence-electron chi connectivity index (χ2n) is 4.02. The number of carbonyl (C=O) groups is 2. The van der Waals surface area contributed by atoms with Crippen LogP contribution in [0.3, 0.4) is 0 Å². The van der Waals surface area contributed by atoms with E-state index in [1.807, 2.05) is 0 Å². The minimum absolute atomic E-state index is 0.0931. The Balaban J connectivity index is 2.25. The number of carbonyl (C=O) groups excluding carboxylic acids is 1. The van der Waals surface area contributed by atoms with Crippen LogP contribution in [0.1, 0.15) is 20.9 Å². The topological polar surface area (TPSA) is 72.4 Å². The standard InChI is InChI=1S/C14H9NO4/c16-13(12-6-3-7-19-12)15-8-10(14(17)18)9-4-1-2-5-11(9)15/h1-8H,(H,17,18). The van der Waals surface area contributed by atoms with Gasteiger partial charge in [-0.05, 0) is 18.2 Å². The molecule has 2 heterocycles. The van der Waals surface area contributed by atoms with Crippen molar-refractivity contribution in [3.63, 3.8) is 0 Å². The number of rotatable bonds is 2. The van der Waals surface area contributed by atoms with Gasteiger partial charge in [0.05, 0.1) is 17.3 Å². The van der Waals surface area contributed by atoms with Crippen LogP contribution in [0.5, 0.6) is 0 Å². The summed E-state index contributed by atoms with van der Waals surface area (Å²) < 4.78 is 6.34. The third kappa shape index (κ3) is 1.72. The first-order chi connectivity index (χ1) is 9.18. The van der Waals surface area contributed by atoms with E-state index in [0.717, 1.165) is 0 Å². The molecule has 19 heavy (non-hydrogen) atoms. The Bertz CT molecular complexity index is 768. The van der Waals surface area contributed by atoms with Crippen LogP contribution in [0.15, 0.2) is 53.3 Å². The number of para-hydroxylation sites is 1. The summed E-state index contributed by atoms with van der Waals surface area (Å²) in [6.07, 6.45) is 2.72. The number of aromatic carboxylic acids is 1. The third-order valence-electron chi connectivity index (χ3n) is 2.89. The molecule has 0 aliphatic carbocycles. The summed E-state index contributed by atoms with van der Waals surface area (Å²) in [7, 11) is 0. The molecule has 0 bridgehead atoms. The van der Waals surface area contributed by atoms with E-state index in [1.165, 1.54) is 23.1 Å². The van der Waals surface area contributed by atoms with Gasteiger partial charge in [-0.25, -0.2) is 4.79 Å². The lowest BCUT2D eigenvalue weighted by molar-refractivity contribution is 0.0699. The van der Waals surface area contributed by atoms with E-state index in [1.54, 1.807) is 30.3 Å². The van der Waals surface area contributed by atoms with E-state index in [0.29, 0.717) is 10.9 Å². The molecule has 5 nitrogen and oxygen atoms in total. The quantitative estimate of drug-likeness (QED) is 0.764. The van der Waals surface area contributed by atoms with Gasteiger partial charge in [0.25, 0.3) is 5.91 Å². The van der Waals surface area contributed by atoms with Gasteiger partial charge in [-0.1, -0.05) is 18.2 Å². The van der Waals surface area contributed by atoms with Gasteiger partial charge in [0.2, 0.25) is 0 Å². The van der Waals surface area contributed by atoms with Crippen molar-refractivity contribution in [1.29, 1.82) is 0 Å². The van der Waals surface area contributed by atoms with Crippen molar-refractivity contribution < 1.29 is 19.1 Å². The molecule has 0 atom stereocenters. The molecular weight excluding hydrogens is 246 g/mol. The summed E-state index contributed by atoms with van der Waals surface area (Å²) >= 11 is 0. The predicted octanol–water partition coefficient (Wildman–Crippen LogP) is 2.62. The summed E-state index contributed by atoms with van der Waals surface area (Å²) in [6.45, 7) is 0. The molecular formula is C14H9NO4. The molecule has 0 unspecified atom stereocenters. The van der Waals surface area contributed by atoms with Gasteiger partial charge in [0.15, 0.2) is 5.76 Å². The minimum Gasteiger partial charge on any atom is -0.478 e. The van der Waals surface area contributed by atoms with E-state index < -0.39 is 11.9 Å². The maximum absolute atomic E-state index is 12.2. The summed E-state index contributed by atoms with van der Waals surface area (Å²) in [5.41, 5.74) is 0.636. The highest BCUT2D eigenvalue weighted by atomic mass is 16.4. The zero-order valence-electron chi connectivity index (χ0n) is 9.74. The van der Waals surface area contributed by atoms with Crippen molar-refractivity contribution in [2.75, 3.05) is 0 Å².